The van der Waals surface area contributed by atoms with Gasteiger partial charge >= 0.3 is 5.97 Å². The van der Waals surface area contributed by atoms with Crippen LogP contribution in [0, 0.1) is 0 Å². The second kappa shape index (κ2) is 8.66. The molecule has 2 bridgehead atoms. The standard InChI is InChI=1S/C21H25N3O3/c1-2-27-21(26)17-6-4-3-5-7-20(25)24-19-13-15(22)8-9-16(19)14-10-11-23-18(17)12-14/h8-13,17H,2-7,22H2,1H3,(H,24,25). The molecule has 142 valence electrons. The van der Waals surface area contributed by atoms with Crippen LogP contribution in [0.1, 0.15) is 50.6 Å². The topological polar surface area (TPSA) is 94.3 Å². The van der Waals surface area contributed by atoms with Gasteiger partial charge in [0.1, 0.15) is 0 Å². The number of nitrogens with two attached hydrogens (primary N) is 1. The predicted molar refractivity (Wildman–Crippen MR) is 105 cm³/mol. The number of nitrogen functional groups attached to an aromatic ring is 1. The van der Waals surface area contributed by atoms with Gasteiger partial charge in [0.15, 0.2) is 0 Å². The molecular formula is C21H25N3O3. The number of carbonyl (C=O) groups is 2. The molecule has 0 radical (unpaired) electrons. The molecule has 1 atom stereocenters. The molecule has 1 aromatic carbocycles. The number of hydrogen-bond donors (Lipinski definition) is 2. The molecule has 2 aromatic rings. The Morgan fingerprint density at radius 2 is 2.11 bits per heavy atom. The predicted octanol–water partition coefficient (Wildman–Crippen LogP) is 3.88. The maximum atomic E-state index is 12.5. The zero-order valence-electron chi connectivity index (χ0n) is 15.5. The number of fused-ring (bicyclic) bond motifs is 4. The normalized spacial score (nSPS) is 17.5. The molecular weight excluding hydrogens is 342 g/mol. The molecule has 0 fully saturated rings. The van der Waals surface area contributed by atoms with E-state index in [2.05, 4.69) is 10.3 Å². The molecule has 0 saturated carbocycles. The van der Waals surface area contributed by atoms with Crippen LogP contribution >= 0.6 is 0 Å². The number of amides is 1. The van der Waals surface area contributed by atoms with E-state index in [9.17, 15) is 9.59 Å². The van der Waals surface area contributed by atoms with Gasteiger partial charge in [0.05, 0.1) is 23.9 Å². The van der Waals surface area contributed by atoms with E-state index >= 15 is 0 Å². The Bertz CT molecular complexity index is 835. The van der Waals surface area contributed by atoms with Gasteiger partial charge in [0.2, 0.25) is 5.91 Å². The SMILES string of the molecule is CCOC(=O)C1CCCCCC(=O)Nc2cc(N)ccc2-c2ccnc1c2. The summed E-state index contributed by atoms with van der Waals surface area (Å²) in [6, 6.07) is 9.21. The van der Waals surface area contributed by atoms with Gasteiger partial charge in [-0.25, -0.2) is 0 Å². The van der Waals surface area contributed by atoms with Crippen molar-refractivity contribution >= 4 is 23.3 Å². The van der Waals surface area contributed by atoms with Crippen LogP contribution < -0.4 is 11.1 Å². The highest BCUT2D eigenvalue weighted by Crippen LogP contribution is 2.33. The molecule has 0 saturated heterocycles. The lowest BCUT2D eigenvalue weighted by Crippen LogP contribution is -2.17. The number of hydrogen-bond acceptors (Lipinski definition) is 5. The van der Waals surface area contributed by atoms with Crippen molar-refractivity contribution in [3.63, 3.8) is 0 Å². The zero-order valence-corrected chi connectivity index (χ0v) is 15.5. The lowest BCUT2D eigenvalue weighted by Gasteiger charge is -2.16. The molecule has 1 aliphatic heterocycles. The lowest BCUT2D eigenvalue weighted by atomic mass is 9.94. The number of pyridine rings is 1. The molecule has 3 rings (SSSR count). The van der Waals surface area contributed by atoms with Crippen molar-refractivity contribution in [3.8, 4) is 11.1 Å². The van der Waals surface area contributed by atoms with E-state index in [0.29, 0.717) is 36.5 Å². The van der Waals surface area contributed by atoms with Gasteiger partial charge in [0, 0.05) is 23.9 Å². The third kappa shape index (κ3) is 4.64. The number of anilines is 2. The number of nitrogens with one attached hydrogen (secondary N) is 1. The van der Waals surface area contributed by atoms with Gasteiger partial charge in [-0.1, -0.05) is 18.9 Å². The minimum Gasteiger partial charge on any atom is -0.465 e. The number of nitrogens with zero attached hydrogens (tertiary/aromatic N) is 1. The van der Waals surface area contributed by atoms with Crippen molar-refractivity contribution in [2.24, 2.45) is 0 Å². The molecule has 2 heterocycles. The van der Waals surface area contributed by atoms with Crippen molar-refractivity contribution in [1.82, 2.24) is 4.98 Å². The molecule has 3 N–H and O–H groups in total. The third-order valence-corrected chi connectivity index (χ3v) is 4.73. The highest BCUT2D eigenvalue weighted by molar-refractivity contribution is 5.96. The fraction of sp³-hybridized carbons (Fsp3) is 0.381. The van der Waals surface area contributed by atoms with Crippen molar-refractivity contribution in [3.05, 3.63) is 42.2 Å². The Balaban J connectivity index is 2.06. The minimum absolute atomic E-state index is 0.0303. The average molecular weight is 367 g/mol. The number of ether oxygens (including phenoxy) is 1. The smallest absolute Gasteiger partial charge is 0.315 e. The van der Waals surface area contributed by atoms with Gasteiger partial charge in [-0.15, -0.1) is 0 Å². The second-order valence-electron chi connectivity index (χ2n) is 6.73. The Morgan fingerprint density at radius 1 is 1.26 bits per heavy atom. The van der Waals surface area contributed by atoms with Gasteiger partial charge in [-0.3, -0.25) is 14.6 Å². The first-order valence-corrected chi connectivity index (χ1v) is 9.41. The van der Waals surface area contributed by atoms with E-state index in [1.165, 1.54) is 0 Å². The van der Waals surface area contributed by atoms with Gasteiger partial charge in [0.25, 0.3) is 0 Å². The molecule has 1 aliphatic rings. The molecule has 6 nitrogen and oxygen atoms in total. The minimum atomic E-state index is -0.397. The summed E-state index contributed by atoms with van der Waals surface area (Å²) in [6.45, 7) is 2.15. The van der Waals surface area contributed by atoms with Gasteiger partial charge < -0.3 is 15.8 Å². The fourth-order valence-corrected chi connectivity index (χ4v) is 3.38. The van der Waals surface area contributed by atoms with Crippen LogP contribution in [0.15, 0.2) is 36.5 Å². The van der Waals surface area contributed by atoms with Crippen LogP contribution in [-0.4, -0.2) is 23.5 Å². The van der Waals surface area contributed by atoms with Crippen LogP contribution in [0.25, 0.3) is 11.1 Å². The maximum Gasteiger partial charge on any atom is 0.315 e. The Morgan fingerprint density at radius 3 is 2.93 bits per heavy atom. The van der Waals surface area contributed by atoms with Gasteiger partial charge in [-0.05, 0) is 49.6 Å². The van der Waals surface area contributed by atoms with Crippen LogP contribution in [0.5, 0.6) is 0 Å². The first-order chi connectivity index (χ1) is 13.1. The van der Waals surface area contributed by atoms with E-state index in [1.807, 2.05) is 18.2 Å². The van der Waals surface area contributed by atoms with Crippen molar-refractivity contribution in [1.29, 1.82) is 0 Å². The summed E-state index contributed by atoms with van der Waals surface area (Å²) in [5.41, 5.74) is 9.59. The van der Waals surface area contributed by atoms with E-state index in [4.69, 9.17) is 10.5 Å². The molecule has 0 aliphatic carbocycles. The summed E-state index contributed by atoms with van der Waals surface area (Å²) in [5, 5.41) is 2.97. The number of aromatic nitrogens is 1. The molecule has 1 amide bonds. The van der Waals surface area contributed by atoms with E-state index < -0.39 is 5.92 Å². The number of benzene rings is 1. The number of esters is 1. The van der Waals surface area contributed by atoms with E-state index in [-0.39, 0.29) is 11.9 Å². The summed E-state index contributed by atoms with van der Waals surface area (Å²) in [5.74, 6) is -0.674. The third-order valence-electron chi connectivity index (χ3n) is 4.73. The van der Waals surface area contributed by atoms with Crippen LogP contribution in [-0.2, 0) is 14.3 Å². The van der Waals surface area contributed by atoms with E-state index in [0.717, 1.165) is 30.4 Å². The lowest BCUT2D eigenvalue weighted by molar-refractivity contribution is -0.145. The summed E-state index contributed by atoms with van der Waals surface area (Å²) in [6.07, 6.45) is 5.26. The van der Waals surface area contributed by atoms with Crippen molar-refractivity contribution < 1.29 is 14.3 Å². The van der Waals surface area contributed by atoms with Crippen LogP contribution in [0.3, 0.4) is 0 Å². The van der Waals surface area contributed by atoms with Crippen LogP contribution in [0.4, 0.5) is 11.4 Å². The fourth-order valence-electron chi connectivity index (χ4n) is 3.38. The highest BCUT2D eigenvalue weighted by Gasteiger charge is 2.24. The number of carbonyl (C=O) groups excluding carboxylic acids is 2. The largest absolute Gasteiger partial charge is 0.465 e. The Labute approximate surface area is 159 Å². The van der Waals surface area contributed by atoms with Crippen LogP contribution in [0.2, 0.25) is 0 Å². The first-order valence-electron chi connectivity index (χ1n) is 9.41. The summed E-state index contributed by atoms with van der Waals surface area (Å²) >= 11 is 0. The average Bonchev–Trinajstić information content (AvgIpc) is 2.65. The molecule has 1 unspecified atom stereocenters. The first kappa shape index (κ1) is 18.9. The molecule has 6 heteroatoms. The Hall–Kier alpha value is -2.89. The Kier molecular flexibility index (Phi) is 6.06. The van der Waals surface area contributed by atoms with Crippen molar-refractivity contribution in [2.75, 3.05) is 17.7 Å². The summed E-state index contributed by atoms with van der Waals surface area (Å²) < 4.78 is 5.27. The second-order valence-corrected chi connectivity index (χ2v) is 6.73. The summed E-state index contributed by atoms with van der Waals surface area (Å²) in [4.78, 5) is 29.2. The van der Waals surface area contributed by atoms with Gasteiger partial charge in [-0.2, -0.15) is 0 Å². The molecule has 1 aromatic heterocycles. The number of rotatable bonds is 2. The molecule has 0 spiro atoms. The quantitative estimate of drug-likeness (QED) is 0.620. The van der Waals surface area contributed by atoms with Crippen molar-refractivity contribution in [2.45, 2.75) is 44.9 Å². The highest BCUT2D eigenvalue weighted by atomic mass is 16.5. The monoisotopic (exact) mass is 367 g/mol. The molecule has 27 heavy (non-hydrogen) atoms. The maximum absolute atomic E-state index is 12.5. The van der Waals surface area contributed by atoms with E-state index in [1.54, 1.807) is 25.3 Å². The summed E-state index contributed by atoms with van der Waals surface area (Å²) in [7, 11) is 0. The zero-order chi connectivity index (χ0) is 19.2.